The number of thiophene rings is 1. The Bertz CT molecular complexity index is 775. The maximum Gasteiger partial charge on any atom is 0.239 e. The van der Waals surface area contributed by atoms with Gasteiger partial charge in [-0.05, 0) is 31.2 Å². The Kier molecular flexibility index (Phi) is 8.75. The van der Waals surface area contributed by atoms with Crippen molar-refractivity contribution in [1.29, 1.82) is 0 Å². The second kappa shape index (κ2) is 11.5. The maximum absolute atomic E-state index is 12.5. The molecule has 29 heavy (non-hydrogen) atoms. The van der Waals surface area contributed by atoms with E-state index in [2.05, 4.69) is 20.8 Å². The van der Waals surface area contributed by atoms with Crippen molar-refractivity contribution in [3.8, 4) is 0 Å². The van der Waals surface area contributed by atoms with E-state index >= 15 is 0 Å². The van der Waals surface area contributed by atoms with Crippen LogP contribution in [0, 0.1) is 0 Å². The topological polar surface area (TPSA) is 87.2 Å². The van der Waals surface area contributed by atoms with Crippen LogP contribution in [-0.2, 0) is 16.1 Å². The van der Waals surface area contributed by atoms with Gasteiger partial charge in [0.2, 0.25) is 16.9 Å². The van der Waals surface area contributed by atoms with Gasteiger partial charge in [-0.15, -0.1) is 21.5 Å². The van der Waals surface area contributed by atoms with Crippen LogP contribution in [0.3, 0.4) is 0 Å². The van der Waals surface area contributed by atoms with Gasteiger partial charge in [-0.3, -0.25) is 9.59 Å². The lowest BCUT2D eigenvalue weighted by molar-refractivity contribution is -0.133. The minimum atomic E-state index is -0.145. The number of nitrogens with one attached hydrogen (secondary N) is 2. The summed E-state index contributed by atoms with van der Waals surface area (Å²) in [4.78, 5) is 27.3. The summed E-state index contributed by atoms with van der Waals surface area (Å²) in [6, 6.07) is 4.41. The fraction of sp³-hybridized carbons (Fsp3) is 0.579. The van der Waals surface area contributed by atoms with E-state index < -0.39 is 0 Å². The number of aromatic nitrogens is 2. The quantitative estimate of drug-likeness (QED) is 0.535. The lowest BCUT2D eigenvalue weighted by atomic mass is 9.96. The third-order valence-corrected chi connectivity index (χ3v) is 7.62. The molecular formula is C19H27N5O2S3. The number of carbonyl (C=O) groups is 2. The number of hydrogen-bond donors (Lipinski definition) is 2. The molecule has 0 radical (unpaired) electrons. The zero-order chi connectivity index (χ0) is 20.5. The Morgan fingerprint density at radius 2 is 2.10 bits per heavy atom. The van der Waals surface area contributed by atoms with E-state index in [1.54, 1.807) is 16.2 Å². The highest BCUT2D eigenvalue weighted by molar-refractivity contribution is 8.01. The highest BCUT2D eigenvalue weighted by Crippen LogP contribution is 2.28. The van der Waals surface area contributed by atoms with Gasteiger partial charge < -0.3 is 15.5 Å². The van der Waals surface area contributed by atoms with E-state index in [4.69, 9.17) is 0 Å². The summed E-state index contributed by atoms with van der Waals surface area (Å²) in [7, 11) is 0. The number of rotatable bonds is 10. The van der Waals surface area contributed by atoms with Crippen molar-refractivity contribution in [2.45, 2.75) is 56.0 Å². The molecule has 0 unspecified atom stereocenters. The van der Waals surface area contributed by atoms with Gasteiger partial charge in [-0.2, -0.15) is 0 Å². The highest BCUT2D eigenvalue weighted by Gasteiger charge is 2.18. The average Bonchev–Trinajstić information content (AvgIpc) is 3.41. The summed E-state index contributed by atoms with van der Waals surface area (Å²) in [5.74, 6) is 0.0404. The Hall–Kier alpha value is -1.65. The van der Waals surface area contributed by atoms with Gasteiger partial charge in [0.1, 0.15) is 0 Å². The van der Waals surface area contributed by atoms with Gasteiger partial charge in [-0.1, -0.05) is 48.4 Å². The molecule has 0 atom stereocenters. The Morgan fingerprint density at radius 3 is 2.83 bits per heavy atom. The van der Waals surface area contributed by atoms with E-state index in [-0.39, 0.29) is 24.1 Å². The molecule has 0 bridgehead atoms. The molecule has 1 saturated carbocycles. The molecule has 2 amide bonds. The molecule has 0 aromatic carbocycles. The first kappa shape index (κ1) is 22.0. The van der Waals surface area contributed by atoms with Gasteiger partial charge in [0, 0.05) is 17.5 Å². The lowest BCUT2D eigenvalue weighted by Gasteiger charge is -2.21. The zero-order valence-corrected chi connectivity index (χ0v) is 19.0. The van der Waals surface area contributed by atoms with Crippen molar-refractivity contribution in [3.05, 3.63) is 22.4 Å². The second-order valence-electron chi connectivity index (χ2n) is 6.91. The Labute approximate surface area is 183 Å². The summed E-state index contributed by atoms with van der Waals surface area (Å²) in [5.41, 5.74) is 0. The average molecular weight is 454 g/mol. The Morgan fingerprint density at radius 1 is 1.28 bits per heavy atom. The van der Waals surface area contributed by atoms with Crippen LogP contribution >= 0.6 is 34.4 Å². The fourth-order valence-electron chi connectivity index (χ4n) is 3.17. The van der Waals surface area contributed by atoms with E-state index in [1.165, 1.54) is 55.2 Å². The SMILES string of the molecule is CCN(CC(=O)NCc1cccs1)C(=O)CSc1nnc(NC2CCCCC2)s1. The van der Waals surface area contributed by atoms with Crippen LogP contribution in [0.25, 0.3) is 0 Å². The molecule has 1 aliphatic carbocycles. The van der Waals surface area contributed by atoms with Crippen LogP contribution in [0.4, 0.5) is 5.13 Å². The molecule has 2 aromatic heterocycles. The zero-order valence-electron chi connectivity index (χ0n) is 16.6. The van der Waals surface area contributed by atoms with Gasteiger partial charge in [0.15, 0.2) is 4.34 Å². The molecule has 1 fully saturated rings. The molecule has 0 spiro atoms. The van der Waals surface area contributed by atoms with Crippen LogP contribution in [0.1, 0.15) is 43.9 Å². The first-order valence-corrected chi connectivity index (χ1v) is 12.6. The minimum absolute atomic E-state index is 0.0687. The second-order valence-corrected chi connectivity index (χ2v) is 10.1. The van der Waals surface area contributed by atoms with Gasteiger partial charge >= 0.3 is 0 Å². The molecule has 1 aliphatic rings. The van der Waals surface area contributed by atoms with Crippen molar-refractivity contribution < 1.29 is 9.59 Å². The molecule has 3 rings (SSSR count). The number of thioether (sulfide) groups is 1. The van der Waals surface area contributed by atoms with Crippen LogP contribution in [-0.4, -0.2) is 51.8 Å². The van der Waals surface area contributed by atoms with Crippen LogP contribution < -0.4 is 10.6 Å². The molecule has 7 nitrogen and oxygen atoms in total. The molecule has 2 N–H and O–H groups in total. The molecule has 2 aromatic rings. The molecule has 158 valence electrons. The molecule has 10 heteroatoms. The molecule has 0 aliphatic heterocycles. The summed E-state index contributed by atoms with van der Waals surface area (Å²) in [5, 5.41) is 17.5. The number of likely N-dealkylation sites (N-methyl/N-ethyl adjacent to an activating group) is 1. The largest absolute Gasteiger partial charge is 0.357 e. The number of amides is 2. The minimum Gasteiger partial charge on any atom is -0.357 e. The summed E-state index contributed by atoms with van der Waals surface area (Å²) < 4.78 is 0.773. The predicted octanol–water partition coefficient (Wildman–Crippen LogP) is 3.60. The van der Waals surface area contributed by atoms with Crippen molar-refractivity contribution in [2.24, 2.45) is 0 Å². The van der Waals surface area contributed by atoms with Gasteiger partial charge in [0.25, 0.3) is 0 Å². The molecule has 2 heterocycles. The standard InChI is InChI=1S/C19H27N5O2S3/c1-2-24(12-16(25)20-11-15-9-6-10-27-15)17(26)13-28-19-23-22-18(29-19)21-14-7-4-3-5-8-14/h6,9-10,14H,2-5,7-8,11-13H2,1H3,(H,20,25)(H,21,22). The third-order valence-electron chi connectivity index (χ3n) is 4.77. The van der Waals surface area contributed by atoms with Crippen molar-refractivity contribution in [1.82, 2.24) is 20.4 Å². The van der Waals surface area contributed by atoms with E-state index in [1.807, 2.05) is 24.4 Å². The highest BCUT2D eigenvalue weighted by atomic mass is 32.2. The van der Waals surface area contributed by atoms with E-state index in [0.717, 1.165) is 14.3 Å². The molecule has 0 saturated heterocycles. The summed E-state index contributed by atoms with van der Waals surface area (Å²) in [6.45, 7) is 2.95. The Balaban J connectivity index is 1.40. The number of hydrogen-bond acceptors (Lipinski definition) is 8. The normalized spacial score (nSPS) is 14.5. The number of carbonyl (C=O) groups excluding carboxylic acids is 2. The first-order valence-electron chi connectivity index (χ1n) is 9.93. The smallest absolute Gasteiger partial charge is 0.239 e. The maximum atomic E-state index is 12.5. The molecular weight excluding hydrogens is 426 g/mol. The van der Waals surface area contributed by atoms with Crippen LogP contribution in [0.5, 0.6) is 0 Å². The van der Waals surface area contributed by atoms with Crippen LogP contribution in [0.2, 0.25) is 0 Å². The number of anilines is 1. The summed E-state index contributed by atoms with van der Waals surface area (Å²) in [6.07, 6.45) is 6.21. The van der Waals surface area contributed by atoms with Crippen molar-refractivity contribution >= 4 is 51.4 Å². The van der Waals surface area contributed by atoms with E-state index in [9.17, 15) is 9.59 Å². The van der Waals surface area contributed by atoms with Crippen LogP contribution in [0.15, 0.2) is 21.9 Å². The summed E-state index contributed by atoms with van der Waals surface area (Å²) >= 11 is 4.47. The third kappa shape index (κ3) is 7.27. The first-order chi connectivity index (χ1) is 14.1. The van der Waals surface area contributed by atoms with Gasteiger partial charge in [-0.25, -0.2) is 0 Å². The van der Waals surface area contributed by atoms with Gasteiger partial charge in [0.05, 0.1) is 18.8 Å². The fourth-order valence-corrected chi connectivity index (χ4v) is 5.54. The van der Waals surface area contributed by atoms with E-state index in [0.29, 0.717) is 19.1 Å². The monoisotopic (exact) mass is 453 g/mol. The van der Waals surface area contributed by atoms with Crippen molar-refractivity contribution in [2.75, 3.05) is 24.2 Å². The lowest BCUT2D eigenvalue weighted by Crippen LogP contribution is -2.41. The predicted molar refractivity (Wildman–Crippen MR) is 120 cm³/mol. The number of nitrogens with zero attached hydrogens (tertiary/aromatic N) is 3. The van der Waals surface area contributed by atoms with Crippen molar-refractivity contribution in [3.63, 3.8) is 0 Å².